The van der Waals surface area contributed by atoms with Crippen LogP contribution in [0.4, 0.5) is 5.82 Å². The Labute approximate surface area is 144 Å². The second-order valence-electron chi connectivity index (χ2n) is 5.61. The summed E-state index contributed by atoms with van der Waals surface area (Å²) in [6.45, 7) is 2.17. The first-order valence-corrected chi connectivity index (χ1v) is 8.03. The van der Waals surface area contributed by atoms with E-state index in [4.69, 9.17) is 11.6 Å². The van der Waals surface area contributed by atoms with Crippen molar-refractivity contribution in [1.82, 2.24) is 20.0 Å². The minimum Gasteiger partial charge on any atom is -0.354 e. The molecule has 3 rings (SSSR count). The fourth-order valence-electron chi connectivity index (χ4n) is 2.59. The first kappa shape index (κ1) is 16.5. The summed E-state index contributed by atoms with van der Waals surface area (Å²) in [4.78, 5) is 25.4. The number of hydrogen-bond acceptors (Lipinski definition) is 4. The Morgan fingerprint density at radius 2 is 2.25 bits per heavy atom. The average molecular weight is 348 g/mol. The molecule has 1 fully saturated rings. The summed E-state index contributed by atoms with van der Waals surface area (Å²) in [6.07, 6.45) is 1.63. The second-order valence-corrected chi connectivity index (χ2v) is 6.05. The van der Waals surface area contributed by atoms with E-state index in [0.29, 0.717) is 30.5 Å². The van der Waals surface area contributed by atoms with Gasteiger partial charge in [-0.1, -0.05) is 23.7 Å². The van der Waals surface area contributed by atoms with Gasteiger partial charge in [0.2, 0.25) is 11.8 Å². The number of halogens is 1. The molecular formula is C16H18ClN5O2. The van der Waals surface area contributed by atoms with Gasteiger partial charge in [0.05, 0.1) is 25.8 Å². The van der Waals surface area contributed by atoms with E-state index >= 15 is 0 Å². The molecule has 0 spiro atoms. The number of nitrogens with zero attached hydrogens (tertiary/aromatic N) is 3. The zero-order valence-electron chi connectivity index (χ0n) is 13.0. The van der Waals surface area contributed by atoms with Gasteiger partial charge in [-0.2, -0.15) is 5.10 Å². The first-order chi connectivity index (χ1) is 11.6. The first-order valence-electron chi connectivity index (χ1n) is 7.65. The lowest BCUT2D eigenvalue weighted by molar-refractivity contribution is -0.125. The zero-order chi connectivity index (χ0) is 16.9. The van der Waals surface area contributed by atoms with Crippen LogP contribution in [0.5, 0.6) is 0 Å². The lowest BCUT2D eigenvalue weighted by atomic mass is 10.2. The number of carbonyl (C=O) groups is 2. The number of carbonyl (C=O) groups excluding carboxylic acids is 2. The highest BCUT2D eigenvalue weighted by Gasteiger charge is 2.19. The maximum atomic E-state index is 12.2. The fourth-order valence-corrected chi connectivity index (χ4v) is 2.80. The van der Waals surface area contributed by atoms with Crippen LogP contribution < -0.4 is 10.6 Å². The van der Waals surface area contributed by atoms with Gasteiger partial charge in [0.1, 0.15) is 5.82 Å². The van der Waals surface area contributed by atoms with Crippen molar-refractivity contribution in [3.63, 3.8) is 0 Å². The van der Waals surface area contributed by atoms with Crippen LogP contribution in [-0.4, -0.2) is 52.7 Å². The molecule has 2 amide bonds. The molecule has 0 bridgehead atoms. The highest BCUT2D eigenvalue weighted by atomic mass is 35.5. The number of hydrogen-bond donors (Lipinski definition) is 2. The minimum absolute atomic E-state index is 0.0555. The van der Waals surface area contributed by atoms with E-state index in [1.807, 2.05) is 29.2 Å². The predicted molar refractivity (Wildman–Crippen MR) is 90.9 cm³/mol. The Hall–Kier alpha value is -2.38. The van der Waals surface area contributed by atoms with Crippen molar-refractivity contribution in [3.05, 3.63) is 47.1 Å². The predicted octanol–water partition coefficient (Wildman–Crippen LogP) is 0.955. The molecule has 0 saturated carbocycles. The van der Waals surface area contributed by atoms with Gasteiger partial charge < -0.3 is 10.6 Å². The quantitative estimate of drug-likeness (QED) is 0.844. The molecule has 8 heteroatoms. The molecule has 0 radical (unpaired) electrons. The smallest absolute Gasteiger partial charge is 0.239 e. The fraction of sp³-hybridized carbons (Fsp3) is 0.312. The molecule has 1 aromatic heterocycles. The Kier molecular flexibility index (Phi) is 5.12. The summed E-state index contributed by atoms with van der Waals surface area (Å²) < 4.78 is 1.70. The standard InChI is InChI=1S/C16H18ClN5O2/c17-13-3-1-2-12(8-13)9-22-14(4-5-19-22)20-16(24)11-21-7-6-18-15(23)10-21/h1-5,8H,6-7,9-11H2,(H,18,23)(H,20,24). The Balaban J connectivity index is 1.60. The van der Waals surface area contributed by atoms with Crippen LogP contribution >= 0.6 is 11.6 Å². The lowest BCUT2D eigenvalue weighted by Crippen LogP contribution is -2.49. The third kappa shape index (κ3) is 4.33. The maximum absolute atomic E-state index is 12.2. The number of nitrogens with one attached hydrogen (secondary N) is 2. The Morgan fingerprint density at radius 3 is 3.04 bits per heavy atom. The van der Waals surface area contributed by atoms with Crippen LogP contribution in [0.25, 0.3) is 0 Å². The van der Waals surface area contributed by atoms with Crippen LogP contribution in [0.15, 0.2) is 36.5 Å². The highest BCUT2D eigenvalue weighted by molar-refractivity contribution is 6.30. The van der Waals surface area contributed by atoms with Crippen molar-refractivity contribution in [2.24, 2.45) is 0 Å². The molecule has 24 heavy (non-hydrogen) atoms. The molecule has 2 heterocycles. The largest absolute Gasteiger partial charge is 0.354 e. The van der Waals surface area contributed by atoms with Gasteiger partial charge in [0.25, 0.3) is 0 Å². The lowest BCUT2D eigenvalue weighted by Gasteiger charge is -2.25. The molecule has 2 aromatic rings. The summed E-state index contributed by atoms with van der Waals surface area (Å²) >= 11 is 5.99. The molecule has 0 atom stereocenters. The van der Waals surface area contributed by atoms with E-state index in [1.54, 1.807) is 16.9 Å². The van der Waals surface area contributed by atoms with Crippen LogP contribution in [0.1, 0.15) is 5.56 Å². The minimum atomic E-state index is -0.169. The maximum Gasteiger partial charge on any atom is 0.239 e. The molecule has 0 aliphatic carbocycles. The number of piperazine rings is 1. The van der Waals surface area contributed by atoms with Crippen LogP contribution in [0.3, 0.4) is 0 Å². The Morgan fingerprint density at radius 1 is 1.38 bits per heavy atom. The second kappa shape index (κ2) is 7.46. The van der Waals surface area contributed by atoms with E-state index in [0.717, 1.165) is 5.56 Å². The molecule has 1 aliphatic rings. The van der Waals surface area contributed by atoms with E-state index in [-0.39, 0.29) is 24.9 Å². The van der Waals surface area contributed by atoms with Crippen molar-refractivity contribution in [1.29, 1.82) is 0 Å². The molecule has 7 nitrogen and oxygen atoms in total. The summed E-state index contributed by atoms with van der Waals surface area (Å²) in [5, 5.41) is 10.5. The van der Waals surface area contributed by atoms with Gasteiger partial charge in [0, 0.05) is 24.2 Å². The van der Waals surface area contributed by atoms with Gasteiger partial charge in [-0.25, -0.2) is 4.68 Å². The SMILES string of the molecule is O=C1CN(CC(=O)Nc2ccnn2Cc2cccc(Cl)c2)CCN1. The summed E-state index contributed by atoms with van der Waals surface area (Å²) in [6, 6.07) is 9.24. The molecule has 0 unspecified atom stereocenters. The average Bonchev–Trinajstić information content (AvgIpc) is 2.94. The van der Waals surface area contributed by atoms with Gasteiger partial charge in [-0.05, 0) is 17.7 Å². The molecule has 1 saturated heterocycles. The van der Waals surface area contributed by atoms with Crippen LogP contribution in [0, 0.1) is 0 Å². The summed E-state index contributed by atoms with van der Waals surface area (Å²) in [5.41, 5.74) is 0.995. The third-order valence-electron chi connectivity index (χ3n) is 3.69. The van der Waals surface area contributed by atoms with Crippen molar-refractivity contribution in [2.45, 2.75) is 6.54 Å². The highest BCUT2D eigenvalue weighted by Crippen LogP contribution is 2.14. The van der Waals surface area contributed by atoms with Gasteiger partial charge in [0.15, 0.2) is 0 Å². The third-order valence-corrected chi connectivity index (χ3v) is 3.93. The molecule has 126 valence electrons. The molecule has 1 aliphatic heterocycles. The number of amides is 2. The van der Waals surface area contributed by atoms with Crippen LogP contribution in [-0.2, 0) is 16.1 Å². The topological polar surface area (TPSA) is 79.3 Å². The van der Waals surface area contributed by atoms with Crippen molar-refractivity contribution in [2.75, 3.05) is 31.5 Å². The monoisotopic (exact) mass is 347 g/mol. The number of benzene rings is 1. The van der Waals surface area contributed by atoms with Crippen LogP contribution in [0.2, 0.25) is 5.02 Å². The van der Waals surface area contributed by atoms with Crippen molar-refractivity contribution in [3.8, 4) is 0 Å². The molecule has 2 N–H and O–H groups in total. The summed E-state index contributed by atoms with van der Waals surface area (Å²) in [5.74, 6) is 0.388. The normalized spacial score (nSPS) is 15.1. The van der Waals surface area contributed by atoms with Gasteiger partial charge in [-0.3, -0.25) is 14.5 Å². The van der Waals surface area contributed by atoms with Crippen molar-refractivity contribution >= 4 is 29.2 Å². The van der Waals surface area contributed by atoms with E-state index in [9.17, 15) is 9.59 Å². The number of rotatable bonds is 5. The van der Waals surface area contributed by atoms with Crippen molar-refractivity contribution < 1.29 is 9.59 Å². The van der Waals surface area contributed by atoms with E-state index in [1.165, 1.54) is 0 Å². The Bertz CT molecular complexity index is 746. The zero-order valence-corrected chi connectivity index (χ0v) is 13.8. The molecular weight excluding hydrogens is 330 g/mol. The summed E-state index contributed by atoms with van der Waals surface area (Å²) in [7, 11) is 0. The van der Waals surface area contributed by atoms with Gasteiger partial charge >= 0.3 is 0 Å². The molecule has 1 aromatic carbocycles. The van der Waals surface area contributed by atoms with E-state index < -0.39 is 0 Å². The number of anilines is 1. The number of aromatic nitrogens is 2. The van der Waals surface area contributed by atoms with E-state index in [2.05, 4.69) is 15.7 Å². The van der Waals surface area contributed by atoms with Gasteiger partial charge in [-0.15, -0.1) is 0 Å².